The van der Waals surface area contributed by atoms with E-state index in [1.165, 1.54) is 72.3 Å². The van der Waals surface area contributed by atoms with Crippen LogP contribution in [-0.2, 0) is 12.8 Å². The molecule has 0 fully saturated rings. The third-order valence-corrected chi connectivity index (χ3v) is 10.3. The molecule has 6 aromatic rings. The fourth-order valence-corrected chi connectivity index (χ4v) is 7.82. The van der Waals surface area contributed by atoms with Crippen molar-refractivity contribution >= 4 is 45.7 Å². The molecule has 2 aromatic heterocycles. The molecule has 2 heteroatoms. The van der Waals surface area contributed by atoms with E-state index in [4.69, 9.17) is 0 Å². The first-order valence-electron chi connectivity index (χ1n) is 18.0. The minimum absolute atomic E-state index is 0.934. The SMILES string of the molecule is C=C/C=C(\C=C/n1c2c(c3ccccc31)C=CCC2)C1=Cc2c(n(-c3ccc(-c4ccccc4)cc3)c3ccc(/C(C=C)=C/C=C\C)cc23)CC1. The average Bonchev–Trinajstić information content (AvgIpc) is 3.69. The molecule has 2 aliphatic rings. The molecule has 2 heterocycles. The Morgan fingerprint density at radius 3 is 2.31 bits per heavy atom. The number of fused-ring (bicyclic) bond motifs is 6. The van der Waals surface area contributed by atoms with Gasteiger partial charge in [0.1, 0.15) is 0 Å². The van der Waals surface area contributed by atoms with E-state index in [2.05, 4.69) is 174 Å². The van der Waals surface area contributed by atoms with Crippen molar-refractivity contribution in [3.63, 3.8) is 0 Å². The lowest BCUT2D eigenvalue weighted by Crippen LogP contribution is -2.06. The van der Waals surface area contributed by atoms with Crippen molar-refractivity contribution in [2.45, 2.75) is 32.6 Å². The normalized spacial score (nSPS) is 14.7. The minimum atomic E-state index is 0.934. The Kier molecular flexibility index (Phi) is 8.82. The molecular formula is C49H42N2. The van der Waals surface area contributed by atoms with Gasteiger partial charge in [-0.2, -0.15) is 0 Å². The zero-order valence-corrected chi connectivity index (χ0v) is 29.2. The van der Waals surface area contributed by atoms with Crippen LogP contribution in [0.25, 0.3) is 62.5 Å². The van der Waals surface area contributed by atoms with Gasteiger partial charge in [0.2, 0.25) is 0 Å². The van der Waals surface area contributed by atoms with Gasteiger partial charge in [-0.1, -0.05) is 128 Å². The third kappa shape index (κ3) is 5.93. The van der Waals surface area contributed by atoms with Crippen LogP contribution >= 0.6 is 0 Å². The topological polar surface area (TPSA) is 9.86 Å². The van der Waals surface area contributed by atoms with E-state index in [0.29, 0.717) is 0 Å². The van der Waals surface area contributed by atoms with Crippen molar-refractivity contribution in [2.24, 2.45) is 0 Å². The number of nitrogens with zero attached hydrogens (tertiary/aromatic N) is 2. The molecule has 2 aliphatic carbocycles. The van der Waals surface area contributed by atoms with E-state index >= 15 is 0 Å². The largest absolute Gasteiger partial charge is 0.320 e. The summed E-state index contributed by atoms with van der Waals surface area (Å²) in [7, 11) is 0. The third-order valence-electron chi connectivity index (χ3n) is 10.3. The monoisotopic (exact) mass is 658 g/mol. The van der Waals surface area contributed by atoms with E-state index in [1.807, 2.05) is 19.1 Å². The maximum Gasteiger partial charge on any atom is 0.0538 e. The molecule has 0 aliphatic heterocycles. The fraction of sp³-hybridized carbons (Fsp3) is 0.102. The van der Waals surface area contributed by atoms with Gasteiger partial charge < -0.3 is 9.13 Å². The lowest BCUT2D eigenvalue weighted by atomic mass is 9.90. The van der Waals surface area contributed by atoms with Crippen LogP contribution in [0.2, 0.25) is 0 Å². The van der Waals surface area contributed by atoms with Gasteiger partial charge in [0.05, 0.1) is 11.0 Å². The molecule has 248 valence electrons. The van der Waals surface area contributed by atoms with Gasteiger partial charge in [-0.05, 0) is 109 Å². The number of para-hydroxylation sites is 1. The lowest BCUT2D eigenvalue weighted by molar-refractivity contribution is 0.864. The van der Waals surface area contributed by atoms with Crippen LogP contribution in [0.4, 0.5) is 0 Å². The maximum absolute atomic E-state index is 4.14. The summed E-state index contributed by atoms with van der Waals surface area (Å²) in [5.41, 5.74) is 16.2. The van der Waals surface area contributed by atoms with Crippen molar-refractivity contribution in [3.8, 4) is 16.8 Å². The molecule has 0 N–H and O–H groups in total. The molecule has 0 saturated carbocycles. The molecule has 2 nitrogen and oxygen atoms in total. The van der Waals surface area contributed by atoms with E-state index in [0.717, 1.165) is 36.8 Å². The number of allylic oxidation sites excluding steroid dienone is 11. The van der Waals surface area contributed by atoms with Gasteiger partial charge >= 0.3 is 0 Å². The minimum Gasteiger partial charge on any atom is -0.320 e. The first-order chi connectivity index (χ1) is 25.2. The number of hydrogen-bond acceptors (Lipinski definition) is 0. The van der Waals surface area contributed by atoms with Crippen LogP contribution in [0, 0.1) is 0 Å². The first-order valence-corrected chi connectivity index (χ1v) is 18.0. The summed E-state index contributed by atoms with van der Waals surface area (Å²) >= 11 is 0. The van der Waals surface area contributed by atoms with Crippen molar-refractivity contribution in [1.29, 1.82) is 0 Å². The van der Waals surface area contributed by atoms with Crippen molar-refractivity contribution < 1.29 is 0 Å². The molecule has 0 spiro atoms. The summed E-state index contributed by atoms with van der Waals surface area (Å²) in [5.74, 6) is 0. The molecule has 0 bridgehead atoms. The highest BCUT2D eigenvalue weighted by atomic mass is 15.0. The van der Waals surface area contributed by atoms with Crippen LogP contribution in [0.5, 0.6) is 0 Å². The Hall–Kier alpha value is -6.12. The van der Waals surface area contributed by atoms with Gasteiger partial charge in [-0.15, -0.1) is 0 Å². The second-order valence-electron chi connectivity index (χ2n) is 13.2. The van der Waals surface area contributed by atoms with Gasteiger partial charge in [-0.3, -0.25) is 0 Å². The Bertz CT molecular complexity index is 2480. The maximum atomic E-state index is 4.14. The summed E-state index contributed by atoms with van der Waals surface area (Å²) in [5, 5.41) is 2.56. The van der Waals surface area contributed by atoms with Crippen molar-refractivity contribution in [2.75, 3.05) is 0 Å². The predicted molar refractivity (Wildman–Crippen MR) is 221 cm³/mol. The molecule has 8 rings (SSSR count). The van der Waals surface area contributed by atoms with Crippen LogP contribution in [0.3, 0.4) is 0 Å². The number of benzene rings is 4. The highest BCUT2D eigenvalue weighted by molar-refractivity contribution is 5.97. The van der Waals surface area contributed by atoms with Gasteiger partial charge in [0.15, 0.2) is 0 Å². The zero-order valence-electron chi connectivity index (χ0n) is 29.2. The number of aromatic nitrogens is 2. The van der Waals surface area contributed by atoms with Crippen molar-refractivity contribution in [1.82, 2.24) is 9.13 Å². The molecule has 0 unspecified atom stereocenters. The van der Waals surface area contributed by atoms with Gasteiger partial charge in [0.25, 0.3) is 0 Å². The Balaban J connectivity index is 1.26. The van der Waals surface area contributed by atoms with Crippen molar-refractivity contribution in [3.05, 3.63) is 198 Å². The fourth-order valence-electron chi connectivity index (χ4n) is 7.82. The van der Waals surface area contributed by atoms with Crippen LogP contribution in [-0.4, -0.2) is 9.13 Å². The number of hydrogen-bond donors (Lipinski definition) is 0. The summed E-state index contributed by atoms with van der Waals surface area (Å²) in [6.07, 6.45) is 27.8. The van der Waals surface area contributed by atoms with E-state index in [1.54, 1.807) is 0 Å². The van der Waals surface area contributed by atoms with Crippen LogP contribution < -0.4 is 0 Å². The van der Waals surface area contributed by atoms with E-state index in [-0.39, 0.29) is 0 Å². The summed E-state index contributed by atoms with van der Waals surface area (Å²) in [6.45, 7) is 10.3. The van der Waals surface area contributed by atoms with Gasteiger partial charge in [0, 0.05) is 45.2 Å². The standard InChI is InChI=1S/C49H42N2/c1-4-7-16-35(6-3)39-25-29-48-44(33-39)45-34-40(26-30-49(45)51(48)41-27-23-38(24-28-41)37-17-9-8-10-18-37)36(15-5-2)31-32-50-46-21-13-11-19-42(46)43-20-12-14-22-47(43)50/h4-13,15-21,23-25,27-29,31-34H,2-3,14,22,26,30H2,1H3/b7-4-,32-31-,35-16+,36-15+. The Morgan fingerprint density at radius 2 is 1.51 bits per heavy atom. The first kappa shape index (κ1) is 32.1. The van der Waals surface area contributed by atoms with Gasteiger partial charge in [-0.25, -0.2) is 0 Å². The highest BCUT2D eigenvalue weighted by Crippen LogP contribution is 2.40. The molecule has 0 saturated heterocycles. The smallest absolute Gasteiger partial charge is 0.0538 e. The molecular weight excluding hydrogens is 617 g/mol. The summed E-state index contributed by atoms with van der Waals surface area (Å²) < 4.78 is 4.86. The quantitative estimate of drug-likeness (QED) is 0.137. The van der Waals surface area contributed by atoms with E-state index in [9.17, 15) is 0 Å². The summed E-state index contributed by atoms with van der Waals surface area (Å²) in [6, 6.07) is 35.2. The second-order valence-corrected chi connectivity index (χ2v) is 13.2. The highest BCUT2D eigenvalue weighted by Gasteiger charge is 2.23. The second kappa shape index (κ2) is 14.0. The molecule has 4 aromatic carbocycles. The Labute approximate surface area is 301 Å². The van der Waals surface area contributed by atoms with Crippen LogP contribution in [0.15, 0.2) is 170 Å². The lowest BCUT2D eigenvalue weighted by Gasteiger charge is -2.18. The van der Waals surface area contributed by atoms with Crippen LogP contribution in [0.1, 0.15) is 47.8 Å². The molecule has 51 heavy (non-hydrogen) atoms. The Morgan fingerprint density at radius 1 is 0.706 bits per heavy atom. The van der Waals surface area contributed by atoms with E-state index < -0.39 is 0 Å². The molecule has 0 radical (unpaired) electrons. The summed E-state index contributed by atoms with van der Waals surface area (Å²) in [4.78, 5) is 0. The average molecular weight is 659 g/mol. The number of rotatable bonds is 9. The zero-order chi connectivity index (χ0) is 34.7. The molecule has 0 amide bonds. The molecule has 0 atom stereocenters. The predicted octanol–water partition coefficient (Wildman–Crippen LogP) is 13.0.